The van der Waals surface area contributed by atoms with Gasteiger partial charge in [0.15, 0.2) is 0 Å². The van der Waals surface area contributed by atoms with E-state index in [9.17, 15) is 5.26 Å². The lowest BCUT2D eigenvalue weighted by atomic mass is 9.82. The van der Waals surface area contributed by atoms with Crippen LogP contribution in [0.4, 0.5) is 5.00 Å². The van der Waals surface area contributed by atoms with E-state index in [-0.39, 0.29) is 0 Å². The van der Waals surface area contributed by atoms with Gasteiger partial charge >= 0.3 is 0 Å². The van der Waals surface area contributed by atoms with Crippen molar-refractivity contribution in [3.8, 4) is 6.07 Å². The Morgan fingerprint density at radius 3 is 2.68 bits per heavy atom. The van der Waals surface area contributed by atoms with Gasteiger partial charge in [-0.25, -0.2) is 0 Å². The molecule has 2 saturated heterocycles. The van der Waals surface area contributed by atoms with E-state index in [0.29, 0.717) is 18.1 Å². The SMILES string of the molecule is Cc1nsc(NC2CC3CCCC(C2)N3C)c1C#N. The van der Waals surface area contributed by atoms with Crippen molar-refractivity contribution < 1.29 is 0 Å². The van der Waals surface area contributed by atoms with E-state index in [1.165, 1.54) is 43.6 Å². The number of nitriles is 1. The molecule has 1 aromatic rings. The Bertz CT molecular complexity index is 490. The number of aryl methyl sites for hydroxylation is 1. The van der Waals surface area contributed by atoms with Gasteiger partial charge in [-0.05, 0) is 51.2 Å². The standard InChI is InChI=1S/C14H20N4S/c1-9-13(8-15)14(19-17-9)16-10-6-11-4-3-5-12(7-10)18(11)2/h10-12,16H,3-7H2,1-2H3. The van der Waals surface area contributed by atoms with Crippen LogP contribution >= 0.6 is 11.5 Å². The van der Waals surface area contributed by atoms with E-state index in [0.717, 1.165) is 16.3 Å². The molecule has 5 heteroatoms. The molecule has 2 atom stereocenters. The Balaban J connectivity index is 1.73. The number of hydrogen-bond acceptors (Lipinski definition) is 5. The quantitative estimate of drug-likeness (QED) is 0.902. The minimum absolute atomic E-state index is 0.499. The molecule has 0 aromatic carbocycles. The molecule has 1 N–H and O–H groups in total. The number of anilines is 1. The number of fused-ring (bicyclic) bond motifs is 2. The normalized spacial score (nSPS) is 30.9. The van der Waals surface area contributed by atoms with Crippen LogP contribution in [-0.2, 0) is 0 Å². The van der Waals surface area contributed by atoms with E-state index >= 15 is 0 Å². The second-order valence-corrected chi connectivity index (χ2v) is 6.57. The Hall–Kier alpha value is -1.12. The van der Waals surface area contributed by atoms with Crippen molar-refractivity contribution in [1.82, 2.24) is 9.27 Å². The van der Waals surface area contributed by atoms with Gasteiger partial charge in [-0.3, -0.25) is 0 Å². The maximum absolute atomic E-state index is 9.19. The highest BCUT2D eigenvalue weighted by Gasteiger charge is 2.36. The van der Waals surface area contributed by atoms with Gasteiger partial charge in [0.1, 0.15) is 16.6 Å². The lowest BCUT2D eigenvalue weighted by molar-refractivity contribution is 0.0609. The van der Waals surface area contributed by atoms with E-state index in [2.05, 4.69) is 27.7 Å². The van der Waals surface area contributed by atoms with Crippen molar-refractivity contribution in [3.63, 3.8) is 0 Å². The molecular weight excluding hydrogens is 256 g/mol. The highest BCUT2D eigenvalue weighted by molar-refractivity contribution is 7.10. The monoisotopic (exact) mass is 276 g/mol. The zero-order valence-electron chi connectivity index (χ0n) is 11.5. The van der Waals surface area contributed by atoms with Gasteiger partial charge in [0, 0.05) is 18.1 Å². The first-order chi connectivity index (χ1) is 9.19. The Morgan fingerprint density at radius 1 is 1.37 bits per heavy atom. The molecule has 1 aromatic heterocycles. The van der Waals surface area contributed by atoms with E-state index in [1.807, 2.05) is 6.92 Å². The molecule has 2 bridgehead atoms. The number of hydrogen-bond donors (Lipinski definition) is 1. The van der Waals surface area contributed by atoms with Crippen LogP contribution in [0.1, 0.15) is 43.4 Å². The van der Waals surface area contributed by atoms with Crippen LogP contribution in [0.2, 0.25) is 0 Å². The fourth-order valence-corrected chi connectivity index (χ4v) is 4.34. The average molecular weight is 276 g/mol. The number of nitrogens with one attached hydrogen (secondary N) is 1. The fourth-order valence-electron chi connectivity index (χ4n) is 3.52. The van der Waals surface area contributed by atoms with Gasteiger partial charge in [0.05, 0.1) is 5.69 Å². The van der Waals surface area contributed by atoms with Gasteiger partial charge in [-0.15, -0.1) is 0 Å². The Morgan fingerprint density at radius 2 is 2.05 bits per heavy atom. The van der Waals surface area contributed by atoms with Crippen LogP contribution in [0.15, 0.2) is 0 Å². The molecule has 2 fully saturated rings. The van der Waals surface area contributed by atoms with Crippen molar-refractivity contribution in [2.45, 2.75) is 57.2 Å². The summed E-state index contributed by atoms with van der Waals surface area (Å²) in [6.07, 6.45) is 6.38. The fraction of sp³-hybridized carbons (Fsp3) is 0.714. The molecule has 0 spiro atoms. The summed E-state index contributed by atoms with van der Waals surface area (Å²) in [6.45, 7) is 1.91. The van der Waals surface area contributed by atoms with Crippen LogP contribution in [0.5, 0.6) is 0 Å². The van der Waals surface area contributed by atoms with Crippen molar-refractivity contribution in [3.05, 3.63) is 11.3 Å². The molecule has 19 heavy (non-hydrogen) atoms. The summed E-state index contributed by atoms with van der Waals surface area (Å²) in [4.78, 5) is 2.56. The second kappa shape index (κ2) is 5.10. The lowest BCUT2D eigenvalue weighted by Crippen LogP contribution is -2.52. The van der Waals surface area contributed by atoms with Crippen molar-refractivity contribution in [2.24, 2.45) is 0 Å². The van der Waals surface area contributed by atoms with Gasteiger partial charge in [0.25, 0.3) is 0 Å². The molecule has 0 aliphatic carbocycles. The van der Waals surface area contributed by atoms with Crippen molar-refractivity contribution >= 4 is 16.5 Å². The first-order valence-electron chi connectivity index (χ1n) is 7.04. The van der Waals surface area contributed by atoms with E-state index < -0.39 is 0 Å². The number of aromatic nitrogens is 1. The predicted molar refractivity (Wildman–Crippen MR) is 77.4 cm³/mol. The minimum atomic E-state index is 0.499. The molecule has 2 aliphatic heterocycles. The third-order valence-electron chi connectivity index (χ3n) is 4.65. The van der Waals surface area contributed by atoms with Gasteiger partial charge in [0.2, 0.25) is 0 Å². The number of piperidine rings is 2. The summed E-state index contributed by atoms with van der Waals surface area (Å²) in [7, 11) is 2.27. The largest absolute Gasteiger partial charge is 0.372 e. The summed E-state index contributed by atoms with van der Waals surface area (Å²) in [5, 5.41) is 13.7. The molecule has 3 rings (SSSR count). The topological polar surface area (TPSA) is 52.0 Å². The molecule has 102 valence electrons. The smallest absolute Gasteiger partial charge is 0.127 e. The van der Waals surface area contributed by atoms with Crippen molar-refractivity contribution in [1.29, 1.82) is 5.26 Å². The minimum Gasteiger partial charge on any atom is -0.372 e. The summed E-state index contributed by atoms with van der Waals surface area (Å²) >= 11 is 1.43. The highest BCUT2D eigenvalue weighted by atomic mass is 32.1. The van der Waals surface area contributed by atoms with Gasteiger partial charge < -0.3 is 10.2 Å². The summed E-state index contributed by atoms with van der Waals surface area (Å²) in [6, 6.07) is 4.19. The third-order valence-corrected chi connectivity index (χ3v) is 5.52. The molecule has 2 aliphatic rings. The number of nitrogens with zero attached hydrogens (tertiary/aromatic N) is 3. The molecule has 2 unspecified atom stereocenters. The summed E-state index contributed by atoms with van der Waals surface area (Å²) in [5.41, 5.74) is 1.58. The van der Waals surface area contributed by atoms with E-state index in [4.69, 9.17) is 0 Å². The molecule has 0 radical (unpaired) electrons. The zero-order chi connectivity index (χ0) is 13.4. The Labute approximate surface area is 118 Å². The first-order valence-corrected chi connectivity index (χ1v) is 7.81. The molecule has 0 saturated carbocycles. The maximum atomic E-state index is 9.19. The summed E-state index contributed by atoms with van der Waals surface area (Å²) in [5.74, 6) is 0. The van der Waals surface area contributed by atoms with Gasteiger partial charge in [-0.1, -0.05) is 6.42 Å². The lowest BCUT2D eigenvalue weighted by Gasteiger charge is -2.47. The van der Waals surface area contributed by atoms with Crippen LogP contribution in [0, 0.1) is 18.3 Å². The van der Waals surface area contributed by atoms with Gasteiger partial charge in [-0.2, -0.15) is 9.64 Å². The van der Waals surface area contributed by atoms with E-state index in [1.54, 1.807) is 0 Å². The van der Waals surface area contributed by atoms with Crippen LogP contribution < -0.4 is 5.32 Å². The number of rotatable bonds is 2. The third kappa shape index (κ3) is 2.35. The molecule has 3 heterocycles. The van der Waals surface area contributed by atoms with Crippen LogP contribution in [0.3, 0.4) is 0 Å². The highest BCUT2D eigenvalue weighted by Crippen LogP contribution is 2.35. The first kappa shape index (κ1) is 12.9. The van der Waals surface area contributed by atoms with Crippen molar-refractivity contribution in [2.75, 3.05) is 12.4 Å². The maximum Gasteiger partial charge on any atom is 0.127 e. The summed E-state index contributed by atoms with van der Waals surface area (Å²) < 4.78 is 4.29. The predicted octanol–water partition coefficient (Wildman–Crippen LogP) is 2.75. The molecule has 4 nitrogen and oxygen atoms in total. The molecular formula is C14H20N4S. The second-order valence-electron chi connectivity index (χ2n) is 5.80. The Kier molecular flexibility index (Phi) is 3.46. The van der Waals surface area contributed by atoms with Crippen LogP contribution in [-0.4, -0.2) is 34.4 Å². The molecule has 0 amide bonds. The average Bonchev–Trinajstić information content (AvgIpc) is 2.71. The van der Waals surface area contributed by atoms with Crippen LogP contribution in [0.25, 0.3) is 0 Å². The zero-order valence-corrected chi connectivity index (χ0v) is 12.3.